The van der Waals surface area contributed by atoms with Crippen LogP contribution in [-0.2, 0) is 11.3 Å². The summed E-state index contributed by atoms with van der Waals surface area (Å²) in [4.78, 5) is 40.0. The summed E-state index contributed by atoms with van der Waals surface area (Å²) in [7, 11) is 0. The zero-order valence-electron chi connectivity index (χ0n) is 18.9. The van der Waals surface area contributed by atoms with Gasteiger partial charge in [-0.3, -0.25) is 14.5 Å². The van der Waals surface area contributed by atoms with Crippen molar-refractivity contribution < 1.29 is 23.5 Å². The van der Waals surface area contributed by atoms with Gasteiger partial charge in [0, 0.05) is 15.1 Å². The fourth-order valence-corrected chi connectivity index (χ4v) is 5.32. The molecule has 1 aliphatic rings. The number of benzene rings is 4. The first-order valence-corrected chi connectivity index (χ1v) is 13.0. The molecule has 0 N–H and O–H groups in total. The topological polar surface area (TPSA) is 63.7 Å². The van der Waals surface area contributed by atoms with Crippen LogP contribution in [0, 0.1) is 5.82 Å². The van der Waals surface area contributed by atoms with Crippen LogP contribution in [-0.4, -0.2) is 22.0 Å². The molecule has 0 spiro atoms. The summed E-state index contributed by atoms with van der Waals surface area (Å²) < 4.78 is 19.8. The van der Waals surface area contributed by atoms with Gasteiger partial charge in [0.15, 0.2) is 0 Å². The van der Waals surface area contributed by atoms with Gasteiger partial charge in [-0.1, -0.05) is 70.0 Å². The van der Waals surface area contributed by atoms with Crippen molar-refractivity contribution in [1.29, 1.82) is 0 Å². The lowest BCUT2D eigenvalue weighted by atomic mass is 10.0. The highest BCUT2D eigenvalue weighted by Crippen LogP contribution is 2.36. The molecule has 1 aliphatic heterocycles. The fourth-order valence-electron chi connectivity index (χ4n) is 3.88. The van der Waals surface area contributed by atoms with E-state index in [1.807, 2.05) is 30.3 Å². The molecule has 5 nitrogen and oxygen atoms in total. The number of imide groups is 1. The Morgan fingerprint density at radius 2 is 1.81 bits per heavy atom. The lowest BCUT2D eigenvalue weighted by Crippen LogP contribution is -2.27. The van der Waals surface area contributed by atoms with E-state index in [1.165, 1.54) is 18.2 Å². The molecule has 1 heterocycles. The van der Waals surface area contributed by atoms with Crippen molar-refractivity contribution in [1.82, 2.24) is 4.90 Å². The maximum absolute atomic E-state index is 13.4. The molecule has 0 atom stereocenters. The Morgan fingerprint density at radius 3 is 2.62 bits per heavy atom. The summed E-state index contributed by atoms with van der Waals surface area (Å²) in [6, 6.07) is 21.7. The van der Waals surface area contributed by atoms with Gasteiger partial charge < -0.3 is 4.74 Å². The molecule has 5 rings (SSSR count). The third kappa shape index (κ3) is 5.32. The molecule has 1 fully saturated rings. The Hall–Kier alpha value is -3.46. The van der Waals surface area contributed by atoms with Gasteiger partial charge in [0.25, 0.3) is 11.1 Å². The zero-order valence-corrected chi connectivity index (χ0v) is 22.1. The third-order valence-corrected chi connectivity index (χ3v) is 7.44. The van der Waals surface area contributed by atoms with Crippen LogP contribution in [0.15, 0.2) is 88.2 Å². The number of rotatable bonds is 5. The molecule has 0 saturated carbocycles. The summed E-state index contributed by atoms with van der Waals surface area (Å²) in [5, 5.41) is 1.30. The van der Waals surface area contributed by atoms with E-state index >= 15 is 0 Å². The minimum atomic E-state index is -0.548. The van der Waals surface area contributed by atoms with Crippen LogP contribution in [0.4, 0.5) is 9.18 Å². The smallest absolute Gasteiger partial charge is 0.344 e. The number of esters is 1. The third-order valence-electron chi connectivity index (χ3n) is 5.69. The first kappa shape index (κ1) is 25.2. The maximum atomic E-state index is 13.4. The van der Waals surface area contributed by atoms with E-state index in [-0.39, 0.29) is 22.2 Å². The lowest BCUT2D eigenvalue weighted by Gasteiger charge is -2.13. The molecule has 0 aliphatic carbocycles. The van der Waals surface area contributed by atoms with Crippen LogP contribution in [0.25, 0.3) is 16.8 Å². The van der Waals surface area contributed by atoms with E-state index in [1.54, 1.807) is 30.3 Å². The Labute approximate surface area is 229 Å². The van der Waals surface area contributed by atoms with E-state index in [4.69, 9.17) is 16.3 Å². The second-order valence-corrected chi connectivity index (χ2v) is 10.4. The van der Waals surface area contributed by atoms with Crippen molar-refractivity contribution in [3.05, 3.63) is 116 Å². The van der Waals surface area contributed by atoms with E-state index in [9.17, 15) is 18.8 Å². The highest BCUT2D eigenvalue weighted by atomic mass is 79.9. The predicted octanol–water partition coefficient (Wildman–Crippen LogP) is 7.85. The van der Waals surface area contributed by atoms with Crippen LogP contribution in [0.1, 0.15) is 21.5 Å². The van der Waals surface area contributed by atoms with Gasteiger partial charge in [0.1, 0.15) is 11.6 Å². The number of thioether (sulfide) groups is 1. The maximum Gasteiger partial charge on any atom is 0.344 e. The number of hydrogen-bond acceptors (Lipinski definition) is 5. The Kier molecular flexibility index (Phi) is 7.15. The van der Waals surface area contributed by atoms with Gasteiger partial charge in [-0.05, 0) is 70.6 Å². The van der Waals surface area contributed by atoms with Gasteiger partial charge in [0.2, 0.25) is 0 Å². The average molecular weight is 597 g/mol. The number of ether oxygens (including phenoxy) is 1. The number of nitrogens with zero attached hydrogens (tertiary/aromatic N) is 1. The number of carbonyl (C=O) groups excluding carboxylic acids is 3. The molecule has 37 heavy (non-hydrogen) atoms. The molecular formula is C28H16BrClFNO4S. The quantitative estimate of drug-likeness (QED) is 0.133. The first-order valence-electron chi connectivity index (χ1n) is 11.0. The lowest BCUT2D eigenvalue weighted by molar-refractivity contribution is -0.123. The number of fused-ring (bicyclic) bond motifs is 1. The molecular weight excluding hydrogens is 581 g/mol. The van der Waals surface area contributed by atoms with Gasteiger partial charge in [-0.15, -0.1) is 0 Å². The molecule has 0 aromatic heterocycles. The van der Waals surface area contributed by atoms with E-state index in [0.29, 0.717) is 21.2 Å². The highest BCUT2D eigenvalue weighted by molar-refractivity contribution is 9.10. The number of amides is 2. The summed E-state index contributed by atoms with van der Waals surface area (Å²) in [5.74, 6) is -1.35. The Balaban J connectivity index is 1.43. The zero-order chi connectivity index (χ0) is 26.1. The van der Waals surface area contributed by atoms with Crippen LogP contribution >= 0.6 is 39.3 Å². The number of halogens is 3. The van der Waals surface area contributed by atoms with Crippen molar-refractivity contribution in [2.45, 2.75) is 6.54 Å². The number of carbonyl (C=O) groups is 3. The SMILES string of the molecule is O=C(Oc1ccc(Br)cc1/C=C1\SC(=O)N(Cc2ccc(F)cc2Cl)C1=O)c1cccc2ccccc12. The van der Waals surface area contributed by atoms with Gasteiger partial charge in [-0.2, -0.15) is 0 Å². The normalized spacial score (nSPS) is 14.6. The van der Waals surface area contributed by atoms with Crippen LogP contribution < -0.4 is 4.74 Å². The second-order valence-electron chi connectivity index (χ2n) is 8.10. The van der Waals surface area contributed by atoms with Gasteiger partial charge >= 0.3 is 5.97 Å². The summed E-state index contributed by atoms with van der Waals surface area (Å²) in [6.07, 6.45) is 1.51. The largest absolute Gasteiger partial charge is 0.422 e. The summed E-state index contributed by atoms with van der Waals surface area (Å²) in [5.41, 5.74) is 1.29. The summed E-state index contributed by atoms with van der Waals surface area (Å²) >= 11 is 10.2. The molecule has 0 bridgehead atoms. The summed E-state index contributed by atoms with van der Waals surface area (Å²) in [6.45, 7) is -0.0947. The van der Waals surface area contributed by atoms with Crippen LogP contribution in [0.2, 0.25) is 5.02 Å². The minimum Gasteiger partial charge on any atom is -0.422 e. The van der Waals surface area contributed by atoms with Gasteiger partial charge in [-0.25, -0.2) is 9.18 Å². The molecule has 0 unspecified atom stereocenters. The predicted molar refractivity (Wildman–Crippen MR) is 146 cm³/mol. The average Bonchev–Trinajstić information content (AvgIpc) is 3.14. The van der Waals surface area contributed by atoms with Crippen molar-refractivity contribution in [3.8, 4) is 5.75 Å². The Bertz CT molecular complexity index is 1620. The van der Waals surface area contributed by atoms with Crippen molar-refractivity contribution in [2.24, 2.45) is 0 Å². The standard InChI is InChI=1S/C28H16BrClFNO4S/c29-19-9-11-24(36-27(34)22-7-3-5-16-4-1-2-6-21(16)22)18(12-19)13-25-26(33)32(28(35)37-25)15-17-8-10-20(31)14-23(17)30/h1-14H,15H2/b25-13-. The molecule has 4 aromatic carbocycles. The molecule has 1 saturated heterocycles. The van der Waals surface area contributed by atoms with E-state index < -0.39 is 22.9 Å². The van der Waals surface area contributed by atoms with Crippen LogP contribution in [0.3, 0.4) is 0 Å². The van der Waals surface area contributed by atoms with Crippen molar-refractivity contribution >= 4 is 73.3 Å². The van der Waals surface area contributed by atoms with Crippen LogP contribution in [0.5, 0.6) is 5.75 Å². The van der Waals surface area contributed by atoms with Crippen molar-refractivity contribution in [2.75, 3.05) is 0 Å². The van der Waals surface area contributed by atoms with E-state index in [2.05, 4.69) is 15.9 Å². The number of hydrogen-bond donors (Lipinski definition) is 0. The van der Waals surface area contributed by atoms with Crippen molar-refractivity contribution in [3.63, 3.8) is 0 Å². The van der Waals surface area contributed by atoms with E-state index in [0.717, 1.165) is 33.5 Å². The molecule has 2 amide bonds. The minimum absolute atomic E-state index is 0.0947. The molecule has 184 valence electrons. The molecule has 4 aromatic rings. The highest BCUT2D eigenvalue weighted by Gasteiger charge is 2.35. The second kappa shape index (κ2) is 10.5. The molecule has 9 heteroatoms. The monoisotopic (exact) mass is 595 g/mol. The first-order chi connectivity index (χ1) is 17.8. The Morgan fingerprint density at radius 1 is 1.03 bits per heavy atom. The molecule has 0 radical (unpaired) electrons. The van der Waals surface area contributed by atoms with Gasteiger partial charge in [0.05, 0.1) is 17.0 Å². The fraction of sp³-hybridized carbons (Fsp3) is 0.0357.